The highest BCUT2D eigenvalue weighted by atomic mass is 32.2. The van der Waals surface area contributed by atoms with Crippen LogP contribution in [0.4, 0.5) is 5.69 Å². The average molecular weight is 416 g/mol. The van der Waals surface area contributed by atoms with Gasteiger partial charge in [0.2, 0.25) is 15.9 Å². The molecule has 0 saturated heterocycles. The number of sulfonamides is 1. The summed E-state index contributed by atoms with van der Waals surface area (Å²) in [7, 11) is -3.59. The lowest BCUT2D eigenvalue weighted by Crippen LogP contribution is -2.26. The summed E-state index contributed by atoms with van der Waals surface area (Å²) >= 11 is 0. The van der Waals surface area contributed by atoms with E-state index in [1.807, 2.05) is 54.6 Å². The van der Waals surface area contributed by atoms with Crippen molar-refractivity contribution in [1.82, 2.24) is 9.62 Å². The molecule has 0 bridgehead atoms. The maximum absolute atomic E-state index is 12.1. The van der Waals surface area contributed by atoms with Crippen molar-refractivity contribution in [3.05, 3.63) is 71.1 Å². The van der Waals surface area contributed by atoms with Gasteiger partial charge in [0.05, 0.1) is 0 Å². The van der Waals surface area contributed by atoms with E-state index in [4.69, 9.17) is 0 Å². The summed E-state index contributed by atoms with van der Waals surface area (Å²) in [6.45, 7) is 7.02. The minimum Gasteiger partial charge on any atom is -0.326 e. The molecule has 2 aromatic carbocycles. The van der Waals surface area contributed by atoms with E-state index in [-0.39, 0.29) is 18.9 Å². The van der Waals surface area contributed by atoms with Gasteiger partial charge in [0, 0.05) is 30.6 Å². The zero-order valence-corrected chi connectivity index (χ0v) is 17.8. The van der Waals surface area contributed by atoms with E-state index in [1.165, 1.54) is 6.08 Å². The summed E-state index contributed by atoms with van der Waals surface area (Å²) in [6, 6.07) is 16.9. The number of carbonyl (C=O) groups excluding carboxylic acids is 1. The first-order chi connectivity index (χ1) is 13.9. The molecule has 156 valence electrons. The summed E-state index contributed by atoms with van der Waals surface area (Å²) in [5.74, 6) is -0.236. The quantitative estimate of drug-likeness (QED) is 0.589. The lowest BCUT2D eigenvalue weighted by molar-refractivity contribution is -0.116. The van der Waals surface area contributed by atoms with Crippen molar-refractivity contribution in [3.8, 4) is 0 Å². The second kappa shape index (κ2) is 11.5. The third kappa shape index (κ3) is 8.60. The molecule has 29 heavy (non-hydrogen) atoms. The van der Waals surface area contributed by atoms with Crippen molar-refractivity contribution in [3.63, 3.8) is 0 Å². The molecule has 2 aromatic rings. The minimum absolute atomic E-state index is 0.0342. The van der Waals surface area contributed by atoms with E-state index < -0.39 is 10.0 Å². The molecule has 0 spiro atoms. The topological polar surface area (TPSA) is 78.5 Å². The Morgan fingerprint density at radius 3 is 2.45 bits per heavy atom. The number of rotatable bonds is 11. The van der Waals surface area contributed by atoms with Crippen molar-refractivity contribution in [2.75, 3.05) is 25.0 Å². The molecule has 0 unspecified atom stereocenters. The molecule has 6 nitrogen and oxygen atoms in total. The smallest absolute Gasteiger partial charge is 0.233 e. The van der Waals surface area contributed by atoms with Crippen molar-refractivity contribution < 1.29 is 13.2 Å². The van der Waals surface area contributed by atoms with Crippen LogP contribution >= 0.6 is 0 Å². The zero-order valence-electron chi connectivity index (χ0n) is 17.0. The van der Waals surface area contributed by atoms with Crippen LogP contribution in [0, 0.1) is 0 Å². The monoisotopic (exact) mass is 415 g/mol. The predicted octanol–water partition coefficient (Wildman–Crippen LogP) is 3.45. The van der Waals surface area contributed by atoms with Gasteiger partial charge in [-0.2, -0.15) is 0 Å². The standard InChI is InChI=1S/C22H29N3O3S/c1-3-25(4-2)18-20-11-8-12-21(17-20)24-22(26)13-15-23-29(27,28)16-14-19-9-6-5-7-10-19/h5-12,14,16-17,23H,3-4,13,15,18H2,1-2H3,(H,24,26)/b16-14+. The molecular formula is C22H29N3O3S. The zero-order chi connectivity index (χ0) is 21.1. The van der Waals surface area contributed by atoms with Gasteiger partial charge < -0.3 is 5.32 Å². The summed E-state index contributed by atoms with van der Waals surface area (Å²) in [5.41, 5.74) is 2.63. The molecule has 0 atom stereocenters. The molecule has 0 fully saturated rings. The second-order valence-electron chi connectivity index (χ2n) is 6.61. The van der Waals surface area contributed by atoms with Gasteiger partial charge >= 0.3 is 0 Å². The number of anilines is 1. The maximum atomic E-state index is 12.1. The number of amides is 1. The Kier molecular flexibility index (Phi) is 9.05. The molecule has 0 saturated carbocycles. The van der Waals surface area contributed by atoms with Crippen LogP contribution in [0.1, 0.15) is 31.4 Å². The summed E-state index contributed by atoms with van der Waals surface area (Å²) in [4.78, 5) is 14.4. The fourth-order valence-electron chi connectivity index (χ4n) is 2.76. The Morgan fingerprint density at radius 2 is 1.76 bits per heavy atom. The van der Waals surface area contributed by atoms with Gasteiger partial charge in [-0.3, -0.25) is 9.69 Å². The van der Waals surface area contributed by atoms with E-state index >= 15 is 0 Å². The highest BCUT2D eigenvalue weighted by molar-refractivity contribution is 7.92. The maximum Gasteiger partial charge on any atom is 0.233 e. The van der Waals surface area contributed by atoms with Gasteiger partial charge in [-0.1, -0.05) is 56.3 Å². The SMILES string of the molecule is CCN(CC)Cc1cccc(NC(=O)CCNS(=O)(=O)/C=C/c2ccccc2)c1. The molecule has 0 heterocycles. The summed E-state index contributed by atoms with van der Waals surface area (Å²) < 4.78 is 26.4. The molecule has 0 aromatic heterocycles. The normalized spacial score (nSPS) is 11.8. The lowest BCUT2D eigenvalue weighted by Gasteiger charge is -2.18. The molecule has 1 amide bonds. The first-order valence-electron chi connectivity index (χ1n) is 9.75. The van der Waals surface area contributed by atoms with Gasteiger partial charge in [-0.05, 0) is 42.4 Å². The van der Waals surface area contributed by atoms with Gasteiger partial charge in [-0.15, -0.1) is 0 Å². The molecule has 0 aliphatic rings. The Bertz CT molecular complexity index is 908. The molecular weight excluding hydrogens is 386 g/mol. The van der Waals surface area contributed by atoms with Crippen molar-refractivity contribution in [2.45, 2.75) is 26.8 Å². The van der Waals surface area contributed by atoms with Crippen LogP contribution in [0.25, 0.3) is 6.08 Å². The van der Waals surface area contributed by atoms with Crippen LogP contribution in [0.2, 0.25) is 0 Å². The first-order valence-corrected chi connectivity index (χ1v) is 11.3. The largest absolute Gasteiger partial charge is 0.326 e. The minimum atomic E-state index is -3.59. The average Bonchev–Trinajstić information content (AvgIpc) is 2.71. The highest BCUT2D eigenvalue weighted by Crippen LogP contribution is 2.13. The van der Waals surface area contributed by atoms with E-state index in [2.05, 4.69) is 28.8 Å². The van der Waals surface area contributed by atoms with Crippen LogP contribution < -0.4 is 10.0 Å². The van der Waals surface area contributed by atoms with E-state index in [0.29, 0.717) is 5.69 Å². The van der Waals surface area contributed by atoms with Gasteiger partial charge in [0.1, 0.15) is 0 Å². The van der Waals surface area contributed by atoms with E-state index in [0.717, 1.165) is 36.2 Å². The fraction of sp³-hybridized carbons (Fsp3) is 0.318. The third-order valence-electron chi connectivity index (χ3n) is 4.41. The van der Waals surface area contributed by atoms with Gasteiger partial charge in [-0.25, -0.2) is 13.1 Å². The Morgan fingerprint density at radius 1 is 1.03 bits per heavy atom. The molecule has 2 N–H and O–H groups in total. The number of nitrogens with zero attached hydrogens (tertiary/aromatic N) is 1. The molecule has 2 rings (SSSR count). The number of hydrogen-bond donors (Lipinski definition) is 2. The number of benzene rings is 2. The van der Waals surface area contributed by atoms with Crippen LogP contribution in [0.15, 0.2) is 60.0 Å². The third-order valence-corrected chi connectivity index (χ3v) is 5.51. The second-order valence-corrected chi connectivity index (χ2v) is 8.26. The van der Waals surface area contributed by atoms with Crippen LogP contribution in [-0.2, 0) is 21.4 Å². The van der Waals surface area contributed by atoms with Crippen LogP contribution in [0.5, 0.6) is 0 Å². The Hall–Kier alpha value is -2.48. The van der Waals surface area contributed by atoms with E-state index in [1.54, 1.807) is 0 Å². The van der Waals surface area contributed by atoms with Gasteiger partial charge in [0.25, 0.3) is 0 Å². The van der Waals surface area contributed by atoms with Crippen LogP contribution in [-0.4, -0.2) is 38.9 Å². The number of carbonyl (C=O) groups is 1. The number of nitrogens with one attached hydrogen (secondary N) is 2. The fourth-order valence-corrected chi connectivity index (χ4v) is 3.58. The molecule has 0 radical (unpaired) electrons. The van der Waals surface area contributed by atoms with Crippen molar-refractivity contribution in [2.24, 2.45) is 0 Å². The Balaban J connectivity index is 1.81. The van der Waals surface area contributed by atoms with Gasteiger partial charge in [0.15, 0.2) is 0 Å². The van der Waals surface area contributed by atoms with Crippen molar-refractivity contribution >= 4 is 27.7 Å². The van der Waals surface area contributed by atoms with Crippen LogP contribution in [0.3, 0.4) is 0 Å². The summed E-state index contributed by atoms with van der Waals surface area (Å²) in [5, 5.41) is 3.93. The molecule has 0 aliphatic carbocycles. The Labute approximate surface area is 173 Å². The lowest BCUT2D eigenvalue weighted by atomic mass is 10.2. The highest BCUT2D eigenvalue weighted by Gasteiger charge is 2.08. The van der Waals surface area contributed by atoms with E-state index in [9.17, 15) is 13.2 Å². The molecule has 0 aliphatic heterocycles. The first kappa shape index (κ1) is 22.8. The summed E-state index contributed by atoms with van der Waals surface area (Å²) in [6.07, 6.45) is 1.57. The predicted molar refractivity (Wildman–Crippen MR) is 119 cm³/mol. The number of hydrogen-bond acceptors (Lipinski definition) is 4. The molecule has 7 heteroatoms. The van der Waals surface area contributed by atoms with Crippen molar-refractivity contribution in [1.29, 1.82) is 0 Å².